The summed E-state index contributed by atoms with van der Waals surface area (Å²) in [6.45, 7) is 6.14. The maximum Gasteiger partial charge on any atom is 0.231 e. The number of nitrogens with zero attached hydrogens (tertiary/aromatic N) is 1. The van der Waals surface area contributed by atoms with Crippen LogP contribution in [0.4, 0.5) is 0 Å². The Kier molecular flexibility index (Phi) is 5.14. The second-order valence-corrected chi connectivity index (χ2v) is 8.71. The van der Waals surface area contributed by atoms with Gasteiger partial charge in [-0.15, -0.1) is 0 Å². The van der Waals surface area contributed by atoms with Crippen LogP contribution in [-0.4, -0.2) is 50.6 Å². The molecule has 7 nitrogen and oxygen atoms in total. The van der Waals surface area contributed by atoms with Crippen molar-refractivity contribution in [3.8, 4) is 17.2 Å². The van der Waals surface area contributed by atoms with Crippen molar-refractivity contribution in [3.63, 3.8) is 0 Å². The van der Waals surface area contributed by atoms with Crippen molar-refractivity contribution >= 4 is 5.71 Å². The molecule has 1 saturated heterocycles. The van der Waals surface area contributed by atoms with Gasteiger partial charge in [0.15, 0.2) is 11.5 Å². The molecule has 3 atom stereocenters. The number of nitrogens with one attached hydrogen (secondary N) is 1. The molecule has 2 N–H and O–H groups in total. The third-order valence-corrected chi connectivity index (χ3v) is 6.39. The van der Waals surface area contributed by atoms with Gasteiger partial charge in [0.2, 0.25) is 12.5 Å². The zero-order chi connectivity index (χ0) is 19.9. The first-order valence-electron chi connectivity index (χ1n) is 10.1. The van der Waals surface area contributed by atoms with Gasteiger partial charge >= 0.3 is 0 Å². The first-order chi connectivity index (χ1) is 13.4. The summed E-state index contributed by atoms with van der Waals surface area (Å²) in [7, 11) is 3.88. The summed E-state index contributed by atoms with van der Waals surface area (Å²) in [5, 5.41) is 13.6. The molecule has 3 aliphatic heterocycles. The largest absolute Gasteiger partial charge is 0.492 e. The molecule has 0 spiro atoms. The van der Waals surface area contributed by atoms with Gasteiger partial charge in [0.1, 0.15) is 6.04 Å². The molecular weight excluding hydrogens is 360 g/mol. The smallest absolute Gasteiger partial charge is 0.231 e. The summed E-state index contributed by atoms with van der Waals surface area (Å²) in [5.41, 5.74) is 3.06. The van der Waals surface area contributed by atoms with Gasteiger partial charge < -0.3 is 29.1 Å². The van der Waals surface area contributed by atoms with E-state index in [2.05, 4.69) is 32.1 Å². The molecule has 0 aliphatic carbocycles. The predicted octanol–water partition coefficient (Wildman–Crippen LogP) is 1.96. The van der Waals surface area contributed by atoms with Crippen molar-refractivity contribution in [1.29, 1.82) is 0 Å². The fourth-order valence-electron chi connectivity index (χ4n) is 4.91. The zero-order valence-corrected chi connectivity index (χ0v) is 17.2. The van der Waals surface area contributed by atoms with Crippen molar-refractivity contribution in [1.82, 2.24) is 0 Å². The van der Waals surface area contributed by atoms with Gasteiger partial charge in [-0.2, -0.15) is 0 Å². The topological polar surface area (TPSA) is 74.0 Å². The van der Waals surface area contributed by atoms with E-state index in [4.69, 9.17) is 18.9 Å². The normalized spacial score (nSPS) is 28.7. The van der Waals surface area contributed by atoms with Crippen LogP contribution in [0.2, 0.25) is 0 Å². The predicted molar refractivity (Wildman–Crippen MR) is 104 cm³/mol. The Hall–Kier alpha value is -1.99. The van der Waals surface area contributed by atoms with E-state index in [1.54, 1.807) is 7.11 Å². The fraction of sp³-hybridized carbons (Fsp3) is 0.667. The second-order valence-electron chi connectivity index (χ2n) is 8.71. The van der Waals surface area contributed by atoms with Gasteiger partial charge in [0, 0.05) is 25.4 Å². The minimum absolute atomic E-state index is 0.144. The van der Waals surface area contributed by atoms with Gasteiger partial charge in [-0.05, 0) is 38.3 Å². The molecule has 0 bridgehead atoms. The molecule has 1 fully saturated rings. The minimum atomic E-state index is -0.189. The SMILES string of the molecule is COc1c2c(cc3c1[C@H](CC(=NO)[C@@H]1CCOC(C)(C)C1)[NH+](C)CC3)OCO2. The molecule has 28 heavy (non-hydrogen) atoms. The highest BCUT2D eigenvalue weighted by atomic mass is 16.7. The molecule has 154 valence electrons. The van der Waals surface area contributed by atoms with Gasteiger partial charge in [-0.1, -0.05) is 5.16 Å². The van der Waals surface area contributed by atoms with Crippen LogP contribution < -0.4 is 19.1 Å². The lowest BCUT2D eigenvalue weighted by Crippen LogP contribution is -3.10. The fourth-order valence-corrected chi connectivity index (χ4v) is 4.91. The average molecular weight is 391 g/mol. The second kappa shape index (κ2) is 7.44. The number of rotatable bonds is 4. The molecular formula is C21H31N2O5+. The Morgan fingerprint density at radius 1 is 1.39 bits per heavy atom. The van der Waals surface area contributed by atoms with Crippen molar-refractivity contribution in [2.75, 3.05) is 34.1 Å². The molecule has 0 amide bonds. The summed E-state index contributed by atoms with van der Waals surface area (Å²) >= 11 is 0. The molecule has 4 rings (SSSR count). The Morgan fingerprint density at radius 2 is 2.21 bits per heavy atom. The summed E-state index contributed by atoms with van der Waals surface area (Å²) in [6, 6.07) is 2.23. The monoisotopic (exact) mass is 391 g/mol. The van der Waals surface area contributed by atoms with E-state index in [0.29, 0.717) is 18.8 Å². The van der Waals surface area contributed by atoms with Crippen molar-refractivity contribution in [3.05, 3.63) is 17.2 Å². The van der Waals surface area contributed by atoms with Crippen LogP contribution in [0.15, 0.2) is 11.2 Å². The van der Waals surface area contributed by atoms with E-state index >= 15 is 0 Å². The highest BCUT2D eigenvalue weighted by molar-refractivity contribution is 5.87. The first kappa shape index (κ1) is 19.3. The van der Waals surface area contributed by atoms with E-state index < -0.39 is 0 Å². The number of hydrogen-bond acceptors (Lipinski definition) is 6. The zero-order valence-electron chi connectivity index (χ0n) is 17.2. The van der Waals surface area contributed by atoms with E-state index in [1.165, 1.54) is 10.5 Å². The number of methoxy groups -OCH3 is 1. The first-order valence-corrected chi connectivity index (χ1v) is 10.1. The summed E-state index contributed by atoms with van der Waals surface area (Å²) < 4.78 is 22.9. The number of hydrogen-bond donors (Lipinski definition) is 2. The van der Waals surface area contributed by atoms with Crippen molar-refractivity contribution in [2.45, 2.75) is 51.2 Å². The number of oxime groups is 1. The standard InChI is InChI=1S/C21H30N2O5/c1-21(2)11-14(6-8-28-21)15(22-24)10-16-18-13(5-7-23(16)3)9-17-19(20(18)25-4)27-12-26-17/h9,14,16,24H,5-8,10-12H2,1-4H3/p+1/t14-,16+/m1/s1. The average Bonchev–Trinajstić information content (AvgIpc) is 3.13. The highest BCUT2D eigenvalue weighted by Crippen LogP contribution is 2.48. The van der Waals surface area contributed by atoms with Crippen LogP contribution in [-0.2, 0) is 11.2 Å². The maximum absolute atomic E-state index is 9.86. The summed E-state index contributed by atoms with van der Waals surface area (Å²) in [4.78, 5) is 1.39. The van der Waals surface area contributed by atoms with Crippen LogP contribution in [0, 0.1) is 5.92 Å². The van der Waals surface area contributed by atoms with E-state index in [-0.39, 0.29) is 24.4 Å². The van der Waals surface area contributed by atoms with Crippen molar-refractivity contribution < 1.29 is 29.1 Å². The Labute approximate surface area is 166 Å². The number of fused-ring (bicyclic) bond motifs is 2. The quantitative estimate of drug-likeness (QED) is 0.466. The van der Waals surface area contributed by atoms with Crippen LogP contribution in [0.5, 0.6) is 17.2 Å². The summed E-state index contributed by atoms with van der Waals surface area (Å²) in [5.74, 6) is 2.44. The molecule has 1 unspecified atom stereocenters. The molecule has 0 aromatic heterocycles. The van der Waals surface area contributed by atoms with Crippen LogP contribution in [0.3, 0.4) is 0 Å². The summed E-state index contributed by atoms with van der Waals surface area (Å²) in [6.07, 6.45) is 3.40. The number of ether oxygens (including phenoxy) is 4. The van der Waals surface area contributed by atoms with Crippen LogP contribution in [0.25, 0.3) is 0 Å². The Morgan fingerprint density at radius 3 is 2.93 bits per heavy atom. The number of quaternary nitrogens is 1. The molecule has 0 saturated carbocycles. The number of benzene rings is 1. The van der Waals surface area contributed by atoms with Gasteiger partial charge in [-0.3, -0.25) is 0 Å². The molecule has 0 radical (unpaired) electrons. The van der Waals surface area contributed by atoms with Crippen LogP contribution >= 0.6 is 0 Å². The third kappa shape index (κ3) is 3.42. The van der Waals surface area contributed by atoms with Gasteiger partial charge in [-0.25, -0.2) is 0 Å². The van der Waals surface area contributed by atoms with E-state index in [0.717, 1.165) is 48.6 Å². The number of likely N-dealkylation sites (N-methyl/N-ethyl adjacent to an activating group) is 1. The lowest BCUT2D eigenvalue weighted by atomic mass is 9.80. The third-order valence-electron chi connectivity index (χ3n) is 6.39. The molecule has 1 aromatic carbocycles. The van der Waals surface area contributed by atoms with Gasteiger partial charge in [0.25, 0.3) is 0 Å². The molecule has 3 heterocycles. The lowest BCUT2D eigenvalue weighted by Gasteiger charge is -2.38. The molecule has 3 aliphatic rings. The van der Waals surface area contributed by atoms with E-state index in [9.17, 15) is 5.21 Å². The molecule has 1 aromatic rings. The maximum atomic E-state index is 9.86. The van der Waals surface area contributed by atoms with Gasteiger partial charge in [0.05, 0.1) is 37.6 Å². The van der Waals surface area contributed by atoms with E-state index in [1.807, 2.05) is 0 Å². The van der Waals surface area contributed by atoms with Crippen LogP contribution in [0.1, 0.15) is 50.3 Å². The molecule has 7 heteroatoms. The highest BCUT2D eigenvalue weighted by Gasteiger charge is 2.39. The Balaban J connectivity index is 1.67. The minimum Gasteiger partial charge on any atom is -0.492 e. The lowest BCUT2D eigenvalue weighted by molar-refractivity contribution is -0.913. The van der Waals surface area contributed by atoms with Crippen molar-refractivity contribution in [2.24, 2.45) is 11.1 Å². The Bertz CT molecular complexity index is 777.